The summed E-state index contributed by atoms with van der Waals surface area (Å²) in [6.45, 7) is 0. The van der Waals surface area contributed by atoms with Gasteiger partial charge < -0.3 is 9.30 Å². The fourth-order valence-electron chi connectivity index (χ4n) is 3.07. The summed E-state index contributed by atoms with van der Waals surface area (Å²) >= 11 is 1.27. The van der Waals surface area contributed by atoms with Crippen molar-refractivity contribution in [3.8, 4) is 11.4 Å². The van der Waals surface area contributed by atoms with Crippen LogP contribution in [-0.2, 0) is 7.05 Å². The van der Waals surface area contributed by atoms with Crippen molar-refractivity contribution >= 4 is 33.4 Å². The molecular weight excluding hydrogens is 421 g/mol. The van der Waals surface area contributed by atoms with Crippen molar-refractivity contribution in [3.05, 3.63) is 70.1 Å². The molecule has 0 spiro atoms. The lowest BCUT2D eigenvalue weighted by atomic mass is 10.2. The molecule has 3 heterocycles. The number of thiazole rings is 1. The fourth-order valence-corrected chi connectivity index (χ4v) is 3.59. The van der Waals surface area contributed by atoms with Crippen LogP contribution in [0.4, 0.5) is 18.3 Å². The normalized spacial score (nSPS) is 11.6. The molecule has 154 valence electrons. The molecule has 0 atom stereocenters. The zero-order chi connectivity index (χ0) is 21.5. The Morgan fingerprint density at radius 3 is 2.53 bits per heavy atom. The van der Waals surface area contributed by atoms with E-state index in [2.05, 4.69) is 15.0 Å². The molecule has 4 aromatic rings. The number of anilines is 1. The number of benzene rings is 1. The first-order valence-electron chi connectivity index (χ1n) is 8.51. The highest BCUT2D eigenvalue weighted by Gasteiger charge is 2.31. The lowest BCUT2D eigenvalue weighted by Crippen LogP contribution is -2.21. The van der Waals surface area contributed by atoms with E-state index in [0.717, 1.165) is 12.1 Å². The number of nitrogens with one attached hydrogen (secondary N) is 1. The number of carbonyl (C=O) groups excluding carboxylic acids is 1. The molecule has 0 aliphatic heterocycles. The van der Waals surface area contributed by atoms with Crippen LogP contribution in [-0.4, -0.2) is 26.4 Å². The molecule has 11 heteroatoms. The number of aromatic nitrogens is 3. The van der Waals surface area contributed by atoms with Crippen LogP contribution in [0.3, 0.4) is 0 Å². The van der Waals surface area contributed by atoms with Crippen molar-refractivity contribution in [1.82, 2.24) is 14.1 Å². The maximum atomic E-state index is 12.6. The Bertz CT molecular complexity index is 1280. The Kier molecular flexibility index (Phi) is 4.82. The van der Waals surface area contributed by atoms with E-state index >= 15 is 0 Å². The minimum atomic E-state index is -4.81. The molecule has 7 nitrogen and oxygen atoms in total. The van der Waals surface area contributed by atoms with Gasteiger partial charge in [-0.3, -0.25) is 19.5 Å². The zero-order valence-electron chi connectivity index (χ0n) is 15.3. The van der Waals surface area contributed by atoms with Crippen molar-refractivity contribution in [2.45, 2.75) is 6.36 Å². The summed E-state index contributed by atoms with van der Waals surface area (Å²) in [5, 5.41) is 5.44. The third kappa shape index (κ3) is 3.79. The number of ether oxygens (including phenoxy) is 1. The van der Waals surface area contributed by atoms with E-state index in [1.807, 2.05) is 0 Å². The molecule has 1 amide bonds. The van der Waals surface area contributed by atoms with Gasteiger partial charge in [0.2, 0.25) is 0 Å². The first kappa shape index (κ1) is 19.7. The third-order valence-corrected chi connectivity index (χ3v) is 4.97. The number of amides is 1. The molecular formula is C19H13F3N4O3S. The second-order valence-corrected chi connectivity index (χ2v) is 7.10. The number of nitrogens with zero attached hydrogens (tertiary/aromatic N) is 3. The summed E-state index contributed by atoms with van der Waals surface area (Å²) in [5.41, 5.74) is 0.626. The van der Waals surface area contributed by atoms with Gasteiger partial charge >= 0.3 is 6.36 Å². The van der Waals surface area contributed by atoms with Crippen LogP contribution in [0, 0.1) is 0 Å². The van der Waals surface area contributed by atoms with Crippen molar-refractivity contribution in [3.63, 3.8) is 0 Å². The number of halogens is 3. The molecule has 3 aromatic heterocycles. The van der Waals surface area contributed by atoms with Gasteiger partial charge in [-0.05, 0) is 36.4 Å². The molecule has 0 aliphatic carbocycles. The summed E-state index contributed by atoms with van der Waals surface area (Å²) < 4.78 is 43.9. The van der Waals surface area contributed by atoms with Crippen molar-refractivity contribution in [2.24, 2.45) is 7.05 Å². The zero-order valence-corrected chi connectivity index (χ0v) is 16.1. The van der Waals surface area contributed by atoms with E-state index in [1.165, 1.54) is 34.1 Å². The molecule has 1 aromatic carbocycles. The summed E-state index contributed by atoms with van der Waals surface area (Å²) in [6.07, 6.45) is -3.25. The average Bonchev–Trinajstić information content (AvgIpc) is 3.30. The van der Waals surface area contributed by atoms with Gasteiger partial charge in [0.1, 0.15) is 17.1 Å². The van der Waals surface area contributed by atoms with E-state index < -0.39 is 23.6 Å². The topological polar surface area (TPSA) is 78.2 Å². The number of hydrogen-bond donors (Lipinski definition) is 1. The van der Waals surface area contributed by atoms with Crippen LogP contribution in [0.15, 0.2) is 58.8 Å². The standard InChI is InChI=1S/C19H13F3N4O3S/c1-25-14(16(28)24-18-23-8-9-30-18)10-11-2-7-15(27)26(17(11)25)12-3-5-13(6-4-12)29-19(20,21)22/h2-10H,1H3,(H,23,24,28). The molecule has 0 saturated heterocycles. The number of alkyl halides is 3. The second-order valence-electron chi connectivity index (χ2n) is 6.21. The number of rotatable bonds is 4. The average molecular weight is 434 g/mol. The molecule has 1 N–H and O–H groups in total. The quantitative estimate of drug-likeness (QED) is 0.528. The molecule has 30 heavy (non-hydrogen) atoms. The van der Waals surface area contributed by atoms with Crippen LogP contribution in [0.5, 0.6) is 5.75 Å². The maximum Gasteiger partial charge on any atom is 0.573 e. The van der Waals surface area contributed by atoms with E-state index in [9.17, 15) is 22.8 Å². The van der Waals surface area contributed by atoms with Crippen molar-refractivity contribution in [1.29, 1.82) is 0 Å². The smallest absolute Gasteiger partial charge is 0.406 e. The van der Waals surface area contributed by atoms with Gasteiger partial charge in [-0.2, -0.15) is 0 Å². The summed E-state index contributed by atoms with van der Waals surface area (Å²) in [4.78, 5) is 29.2. The fraction of sp³-hybridized carbons (Fsp3) is 0.105. The van der Waals surface area contributed by atoms with E-state index in [4.69, 9.17) is 0 Å². The maximum absolute atomic E-state index is 12.6. The van der Waals surface area contributed by atoms with Crippen molar-refractivity contribution < 1.29 is 22.7 Å². The second kappa shape index (κ2) is 7.34. The largest absolute Gasteiger partial charge is 0.573 e. The monoisotopic (exact) mass is 434 g/mol. The number of pyridine rings is 1. The van der Waals surface area contributed by atoms with Gasteiger partial charge in [-0.1, -0.05) is 0 Å². The van der Waals surface area contributed by atoms with Crippen LogP contribution in [0.2, 0.25) is 0 Å². The molecule has 0 saturated carbocycles. The summed E-state index contributed by atoms with van der Waals surface area (Å²) in [5.74, 6) is -0.807. The molecule has 0 bridgehead atoms. The van der Waals surface area contributed by atoms with Crippen LogP contribution >= 0.6 is 11.3 Å². The van der Waals surface area contributed by atoms with Crippen LogP contribution in [0.25, 0.3) is 16.7 Å². The molecule has 4 rings (SSSR count). The Morgan fingerprint density at radius 2 is 1.90 bits per heavy atom. The van der Waals surface area contributed by atoms with Crippen LogP contribution < -0.4 is 15.6 Å². The first-order valence-corrected chi connectivity index (χ1v) is 9.39. The SMILES string of the molecule is Cn1c(C(=O)Nc2nccs2)cc2ccc(=O)n(-c3ccc(OC(F)(F)F)cc3)c21. The van der Waals surface area contributed by atoms with Crippen molar-refractivity contribution in [2.75, 3.05) is 5.32 Å². The van der Waals surface area contributed by atoms with E-state index in [1.54, 1.807) is 35.3 Å². The Balaban J connectivity index is 1.77. The van der Waals surface area contributed by atoms with E-state index in [0.29, 0.717) is 21.9 Å². The number of carbonyl (C=O) groups is 1. The predicted octanol–water partition coefficient (Wildman–Crippen LogP) is 3.94. The van der Waals surface area contributed by atoms with Gasteiger partial charge in [0.25, 0.3) is 11.5 Å². The highest BCUT2D eigenvalue weighted by Crippen LogP contribution is 2.25. The molecule has 0 radical (unpaired) electrons. The minimum Gasteiger partial charge on any atom is -0.406 e. The van der Waals surface area contributed by atoms with Gasteiger partial charge in [0.05, 0.1) is 5.69 Å². The number of fused-ring (bicyclic) bond motifs is 1. The van der Waals surface area contributed by atoms with Gasteiger partial charge in [-0.25, -0.2) is 4.98 Å². The molecule has 0 fully saturated rings. The third-order valence-electron chi connectivity index (χ3n) is 4.28. The van der Waals surface area contributed by atoms with Gasteiger partial charge in [-0.15, -0.1) is 24.5 Å². The van der Waals surface area contributed by atoms with Gasteiger partial charge in [0.15, 0.2) is 5.13 Å². The summed E-state index contributed by atoms with van der Waals surface area (Å²) in [7, 11) is 1.62. The number of aryl methyl sites for hydroxylation is 1. The molecule has 0 aliphatic rings. The predicted molar refractivity (Wildman–Crippen MR) is 105 cm³/mol. The first-order chi connectivity index (χ1) is 14.2. The van der Waals surface area contributed by atoms with Gasteiger partial charge in [0, 0.05) is 30.1 Å². The Labute approximate surface area is 171 Å². The lowest BCUT2D eigenvalue weighted by Gasteiger charge is -2.12. The highest BCUT2D eigenvalue weighted by molar-refractivity contribution is 7.13. The summed E-state index contributed by atoms with van der Waals surface area (Å²) in [6, 6.07) is 9.43. The van der Waals surface area contributed by atoms with E-state index in [-0.39, 0.29) is 5.69 Å². The van der Waals surface area contributed by atoms with Crippen LogP contribution in [0.1, 0.15) is 10.5 Å². The highest BCUT2D eigenvalue weighted by atomic mass is 32.1. The lowest BCUT2D eigenvalue weighted by molar-refractivity contribution is -0.274. The Hall–Kier alpha value is -3.60. The Morgan fingerprint density at radius 1 is 1.17 bits per heavy atom. The molecule has 0 unspecified atom stereocenters. The minimum absolute atomic E-state index is 0.288. The number of hydrogen-bond acceptors (Lipinski definition) is 5.